The lowest BCUT2D eigenvalue weighted by molar-refractivity contribution is -0.140. The molecule has 0 saturated carbocycles. The average molecular weight is 497 g/mol. The predicted molar refractivity (Wildman–Crippen MR) is 124 cm³/mol. The fourth-order valence-corrected chi connectivity index (χ4v) is 3.67. The van der Waals surface area contributed by atoms with Gasteiger partial charge in [-0.25, -0.2) is 4.79 Å². The second kappa shape index (κ2) is 9.78. The highest BCUT2D eigenvalue weighted by Crippen LogP contribution is 2.36. The molecule has 0 spiro atoms. The van der Waals surface area contributed by atoms with Gasteiger partial charge >= 0.3 is 5.97 Å². The van der Waals surface area contributed by atoms with Gasteiger partial charge in [-0.1, -0.05) is 39.7 Å². The molecule has 6 nitrogen and oxygen atoms in total. The van der Waals surface area contributed by atoms with Crippen LogP contribution >= 0.6 is 15.9 Å². The van der Waals surface area contributed by atoms with Crippen molar-refractivity contribution in [3.05, 3.63) is 86.9 Å². The molecular formula is C25H21BrO6. The molecule has 0 amide bonds. The van der Waals surface area contributed by atoms with Crippen LogP contribution in [0.5, 0.6) is 11.5 Å². The van der Waals surface area contributed by atoms with Crippen LogP contribution in [-0.2, 0) is 9.53 Å². The minimum Gasteiger partial charge on any atom is -0.507 e. The Morgan fingerprint density at radius 3 is 2.44 bits per heavy atom. The van der Waals surface area contributed by atoms with Gasteiger partial charge in [0.25, 0.3) is 0 Å². The van der Waals surface area contributed by atoms with E-state index < -0.39 is 35.1 Å². The number of allylic oxidation sites excluding steroid dienone is 2. The fourth-order valence-electron chi connectivity index (χ4n) is 3.26. The van der Waals surface area contributed by atoms with Gasteiger partial charge in [-0.05, 0) is 55.8 Å². The summed E-state index contributed by atoms with van der Waals surface area (Å²) in [4.78, 5) is 38.2. The molecule has 164 valence electrons. The van der Waals surface area contributed by atoms with Gasteiger partial charge in [0.15, 0.2) is 11.6 Å². The molecule has 0 aliphatic heterocycles. The number of aromatic hydroxyl groups is 2. The van der Waals surface area contributed by atoms with E-state index in [9.17, 15) is 24.6 Å². The maximum absolute atomic E-state index is 13.1. The number of hydrogen-bond acceptors (Lipinski definition) is 6. The smallest absolute Gasteiger partial charge is 0.331 e. The summed E-state index contributed by atoms with van der Waals surface area (Å²) < 4.78 is 6.38. The molecule has 0 saturated heterocycles. The zero-order valence-electron chi connectivity index (χ0n) is 17.5. The van der Waals surface area contributed by atoms with Crippen LogP contribution in [0.3, 0.4) is 0 Å². The fraction of sp³-hybridized carbons (Fsp3) is 0.160. The first-order chi connectivity index (χ1) is 15.2. The highest BCUT2D eigenvalue weighted by Gasteiger charge is 2.35. The van der Waals surface area contributed by atoms with Gasteiger partial charge in [0.1, 0.15) is 17.6 Å². The number of carbonyl (C=O) groups is 3. The summed E-state index contributed by atoms with van der Waals surface area (Å²) in [5, 5.41) is 20.1. The van der Waals surface area contributed by atoms with E-state index in [1.54, 1.807) is 12.2 Å². The van der Waals surface area contributed by atoms with Crippen molar-refractivity contribution in [2.75, 3.05) is 0 Å². The monoisotopic (exact) mass is 496 g/mol. The van der Waals surface area contributed by atoms with E-state index in [-0.39, 0.29) is 23.1 Å². The van der Waals surface area contributed by atoms with Crippen molar-refractivity contribution in [1.82, 2.24) is 0 Å². The van der Waals surface area contributed by atoms with Crippen molar-refractivity contribution >= 4 is 39.5 Å². The van der Waals surface area contributed by atoms with E-state index in [1.807, 2.05) is 38.1 Å². The molecule has 1 aliphatic rings. The first-order valence-electron chi connectivity index (χ1n) is 9.80. The number of fused-ring (bicyclic) bond motifs is 1. The number of rotatable bonds is 6. The van der Waals surface area contributed by atoms with Crippen LogP contribution in [0.15, 0.2) is 70.2 Å². The van der Waals surface area contributed by atoms with Crippen molar-refractivity contribution in [1.29, 1.82) is 0 Å². The second-order valence-corrected chi connectivity index (χ2v) is 8.39. The molecule has 1 atom stereocenters. The quantitative estimate of drug-likeness (QED) is 0.248. The Kier molecular flexibility index (Phi) is 7.10. The average Bonchev–Trinajstić information content (AvgIpc) is 2.74. The first kappa shape index (κ1) is 23.2. The molecule has 2 aromatic rings. The maximum atomic E-state index is 13.1. The molecule has 0 fully saturated rings. The Labute approximate surface area is 193 Å². The number of phenolic OH excluding ortho intramolecular Hbond substituents is 2. The van der Waals surface area contributed by atoms with Gasteiger partial charge in [-0.2, -0.15) is 0 Å². The van der Waals surface area contributed by atoms with Crippen LogP contribution in [0.25, 0.3) is 6.08 Å². The number of ketones is 2. The van der Waals surface area contributed by atoms with Crippen LogP contribution in [0.2, 0.25) is 0 Å². The Balaban J connectivity index is 1.91. The normalized spacial score (nSPS) is 14.0. The van der Waals surface area contributed by atoms with Gasteiger partial charge in [0, 0.05) is 22.5 Å². The van der Waals surface area contributed by atoms with Gasteiger partial charge in [-0.3, -0.25) is 9.59 Å². The Morgan fingerprint density at radius 1 is 1.09 bits per heavy atom. The highest BCUT2D eigenvalue weighted by molar-refractivity contribution is 9.10. The van der Waals surface area contributed by atoms with Crippen molar-refractivity contribution in [3.8, 4) is 11.5 Å². The molecule has 3 rings (SSSR count). The van der Waals surface area contributed by atoms with Crippen LogP contribution in [0, 0.1) is 0 Å². The highest BCUT2D eigenvalue weighted by atomic mass is 79.9. The summed E-state index contributed by atoms with van der Waals surface area (Å²) in [5.74, 6) is -2.84. The van der Waals surface area contributed by atoms with Gasteiger partial charge < -0.3 is 14.9 Å². The summed E-state index contributed by atoms with van der Waals surface area (Å²) >= 11 is 3.36. The van der Waals surface area contributed by atoms with Crippen molar-refractivity contribution < 1.29 is 29.3 Å². The Hall–Kier alpha value is -3.45. The minimum atomic E-state index is -1.05. The van der Waals surface area contributed by atoms with Crippen molar-refractivity contribution in [3.63, 3.8) is 0 Å². The minimum absolute atomic E-state index is 0.0647. The summed E-state index contributed by atoms with van der Waals surface area (Å²) in [5.41, 5.74) is 1.09. The number of benzene rings is 2. The van der Waals surface area contributed by atoms with E-state index in [4.69, 9.17) is 4.74 Å². The van der Waals surface area contributed by atoms with Gasteiger partial charge in [0.05, 0.1) is 11.1 Å². The second-order valence-electron chi connectivity index (χ2n) is 7.48. The Morgan fingerprint density at radius 2 is 1.78 bits per heavy atom. The van der Waals surface area contributed by atoms with Crippen molar-refractivity contribution in [2.24, 2.45) is 0 Å². The van der Waals surface area contributed by atoms with E-state index in [1.165, 1.54) is 6.08 Å². The first-order valence-corrected chi connectivity index (χ1v) is 10.6. The van der Waals surface area contributed by atoms with Crippen LogP contribution in [0.4, 0.5) is 0 Å². The number of ether oxygens (including phenoxy) is 1. The standard InChI is InChI=1S/C25H21BrO6/c1-14(2)6-10-21(32-22(30)11-7-15-4-3-5-16(26)12-15)17-13-20(29)23-18(27)8-9-19(28)24(23)25(17)31/h3-9,11-13,21,27-28H,10H2,1-2H3/b11-7+. The molecule has 0 aromatic heterocycles. The lowest BCUT2D eigenvalue weighted by atomic mass is 9.85. The van der Waals surface area contributed by atoms with E-state index in [0.29, 0.717) is 0 Å². The molecular weight excluding hydrogens is 476 g/mol. The lowest BCUT2D eigenvalue weighted by Gasteiger charge is -2.23. The molecule has 1 aliphatic carbocycles. The number of hydrogen-bond donors (Lipinski definition) is 2. The van der Waals surface area contributed by atoms with Crippen molar-refractivity contribution in [2.45, 2.75) is 26.4 Å². The zero-order valence-corrected chi connectivity index (χ0v) is 19.0. The number of carbonyl (C=O) groups excluding carboxylic acids is 3. The summed E-state index contributed by atoms with van der Waals surface area (Å²) in [6, 6.07) is 9.60. The van der Waals surface area contributed by atoms with Crippen LogP contribution in [0.1, 0.15) is 46.5 Å². The molecule has 0 bridgehead atoms. The topological polar surface area (TPSA) is 101 Å². The lowest BCUT2D eigenvalue weighted by Crippen LogP contribution is -2.28. The summed E-state index contributed by atoms with van der Waals surface area (Å²) in [6.45, 7) is 3.71. The predicted octanol–water partition coefficient (Wildman–Crippen LogP) is 5.15. The summed E-state index contributed by atoms with van der Waals surface area (Å²) in [6.07, 6.45) is 4.77. The molecule has 0 heterocycles. The van der Waals surface area contributed by atoms with Crippen LogP contribution < -0.4 is 0 Å². The number of halogens is 1. The van der Waals surface area contributed by atoms with Gasteiger partial charge in [-0.15, -0.1) is 0 Å². The Bertz CT molecular complexity index is 1180. The number of Topliss-reactive ketones (excluding diaryl/α,β-unsaturated/α-hetero) is 1. The zero-order chi connectivity index (χ0) is 23.4. The molecule has 32 heavy (non-hydrogen) atoms. The van der Waals surface area contributed by atoms with E-state index in [2.05, 4.69) is 15.9 Å². The van der Waals surface area contributed by atoms with Crippen LogP contribution in [-0.4, -0.2) is 33.9 Å². The third-order valence-electron chi connectivity index (χ3n) is 4.79. The number of phenols is 2. The third-order valence-corrected chi connectivity index (χ3v) is 5.28. The van der Waals surface area contributed by atoms with E-state index >= 15 is 0 Å². The third kappa shape index (κ3) is 5.23. The van der Waals surface area contributed by atoms with Gasteiger partial charge in [0.2, 0.25) is 0 Å². The SMILES string of the molecule is CC(C)=CCC(OC(=O)/C=C/c1cccc(Br)c1)C1=CC(=O)c2c(O)ccc(O)c2C1=O. The molecule has 1 unspecified atom stereocenters. The van der Waals surface area contributed by atoms with E-state index in [0.717, 1.165) is 33.8 Å². The maximum Gasteiger partial charge on any atom is 0.331 e. The largest absolute Gasteiger partial charge is 0.507 e. The number of esters is 1. The molecule has 7 heteroatoms. The summed E-state index contributed by atoms with van der Waals surface area (Å²) in [7, 11) is 0. The molecule has 0 radical (unpaired) electrons. The molecule has 2 aromatic carbocycles. The molecule has 2 N–H and O–H groups in total.